The van der Waals surface area contributed by atoms with Crippen LogP contribution in [0.2, 0.25) is 0 Å². The minimum absolute atomic E-state index is 0. The number of carbonyl (C=O) groups excluding carboxylic acids is 1. The molecule has 2 fully saturated rings. The Hall–Kier alpha value is -0.590. The molecule has 1 saturated carbocycles. The standard InChI is InChI=1S/C18H28N4O.3ClH/c1-14(16-5-3-7-20-13-16)21-8-10-22(11-9-21)18(23)17-6-2-4-15(17)12-19;;;/h3,5,7,13-15,17H,2,4,6,8-12,19H2,1H3;3*1H/t14?,15-,17-;;;/m1.../s1. The van der Waals surface area contributed by atoms with Gasteiger partial charge < -0.3 is 10.6 Å². The van der Waals surface area contributed by atoms with Crippen molar-refractivity contribution < 1.29 is 4.79 Å². The van der Waals surface area contributed by atoms with E-state index in [1.807, 2.05) is 18.5 Å². The van der Waals surface area contributed by atoms with Gasteiger partial charge in [0.25, 0.3) is 0 Å². The van der Waals surface area contributed by atoms with Crippen molar-refractivity contribution in [2.45, 2.75) is 32.2 Å². The van der Waals surface area contributed by atoms with Crippen molar-refractivity contribution >= 4 is 43.1 Å². The Labute approximate surface area is 175 Å². The maximum Gasteiger partial charge on any atom is 0.226 e. The van der Waals surface area contributed by atoms with Crippen molar-refractivity contribution in [1.82, 2.24) is 14.8 Å². The molecule has 5 nitrogen and oxygen atoms in total. The highest BCUT2D eigenvalue weighted by Gasteiger charge is 2.36. The van der Waals surface area contributed by atoms with Gasteiger partial charge in [-0.1, -0.05) is 12.5 Å². The Kier molecular flexibility index (Phi) is 11.7. The molecule has 0 aromatic carbocycles. The quantitative estimate of drug-likeness (QED) is 0.805. The van der Waals surface area contributed by atoms with Gasteiger partial charge in [0.05, 0.1) is 0 Å². The predicted molar refractivity (Wildman–Crippen MR) is 112 cm³/mol. The zero-order chi connectivity index (χ0) is 16.2. The van der Waals surface area contributed by atoms with E-state index in [4.69, 9.17) is 5.73 Å². The van der Waals surface area contributed by atoms with E-state index in [1.165, 1.54) is 5.56 Å². The molecule has 2 aliphatic rings. The van der Waals surface area contributed by atoms with Gasteiger partial charge in [0, 0.05) is 50.5 Å². The third-order valence-electron chi connectivity index (χ3n) is 5.62. The number of aromatic nitrogens is 1. The second-order valence-corrected chi connectivity index (χ2v) is 6.86. The third kappa shape index (κ3) is 5.70. The second-order valence-electron chi connectivity index (χ2n) is 6.86. The molecule has 3 atom stereocenters. The fourth-order valence-electron chi connectivity index (χ4n) is 4.04. The molecule has 8 heteroatoms. The highest BCUT2D eigenvalue weighted by atomic mass is 35.5. The van der Waals surface area contributed by atoms with E-state index < -0.39 is 0 Å². The lowest BCUT2D eigenvalue weighted by molar-refractivity contribution is -0.138. The summed E-state index contributed by atoms with van der Waals surface area (Å²) in [5.41, 5.74) is 7.07. The average molecular weight is 426 g/mol. The molecule has 2 N–H and O–H groups in total. The largest absolute Gasteiger partial charge is 0.340 e. The van der Waals surface area contributed by atoms with Crippen LogP contribution in [-0.4, -0.2) is 53.4 Å². The smallest absolute Gasteiger partial charge is 0.226 e. The van der Waals surface area contributed by atoms with Gasteiger partial charge in [-0.25, -0.2) is 0 Å². The van der Waals surface area contributed by atoms with Gasteiger partial charge >= 0.3 is 0 Å². The number of carbonyl (C=O) groups is 1. The minimum Gasteiger partial charge on any atom is -0.340 e. The van der Waals surface area contributed by atoms with Crippen LogP contribution in [-0.2, 0) is 4.79 Å². The predicted octanol–water partition coefficient (Wildman–Crippen LogP) is 2.93. The number of amides is 1. The summed E-state index contributed by atoms with van der Waals surface area (Å²) in [6.45, 7) is 6.39. The van der Waals surface area contributed by atoms with Crippen LogP contribution in [0.25, 0.3) is 0 Å². The lowest BCUT2D eigenvalue weighted by Crippen LogP contribution is -2.51. The molecular weight excluding hydrogens is 395 g/mol. The Morgan fingerprint density at radius 3 is 2.50 bits per heavy atom. The first-order valence-electron chi connectivity index (χ1n) is 8.83. The number of hydrogen-bond donors (Lipinski definition) is 1. The number of hydrogen-bond acceptors (Lipinski definition) is 4. The molecule has 0 radical (unpaired) electrons. The SMILES string of the molecule is CC(c1cccnc1)N1CCN(C(=O)[C@@H]2CCC[C@@H]2CN)CC1.Cl.Cl.Cl. The summed E-state index contributed by atoms with van der Waals surface area (Å²) >= 11 is 0. The van der Waals surface area contributed by atoms with E-state index in [9.17, 15) is 4.79 Å². The molecule has 1 saturated heterocycles. The summed E-state index contributed by atoms with van der Waals surface area (Å²) in [5.74, 6) is 0.906. The first-order valence-corrected chi connectivity index (χ1v) is 8.83. The van der Waals surface area contributed by atoms with E-state index in [0.717, 1.165) is 45.4 Å². The summed E-state index contributed by atoms with van der Waals surface area (Å²) in [6, 6.07) is 4.46. The van der Waals surface area contributed by atoms with Crippen LogP contribution in [0, 0.1) is 11.8 Å². The lowest BCUT2D eigenvalue weighted by atomic mass is 9.94. The van der Waals surface area contributed by atoms with Crippen LogP contribution in [0.1, 0.15) is 37.8 Å². The zero-order valence-electron chi connectivity index (χ0n) is 15.3. The van der Waals surface area contributed by atoms with E-state index in [1.54, 1.807) is 0 Å². The number of nitrogens with two attached hydrogens (primary N) is 1. The topological polar surface area (TPSA) is 62.5 Å². The molecule has 1 aliphatic carbocycles. The monoisotopic (exact) mass is 424 g/mol. The lowest BCUT2D eigenvalue weighted by Gasteiger charge is -2.39. The molecule has 0 bridgehead atoms. The first-order chi connectivity index (χ1) is 11.2. The van der Waals surface area contributed by atoms with Crippen molar-refractivity contribution in [3.63, 3.8) is 0 Å². The van der Waals surface area contributed by atoms with Gasteiger partial charge in [-0.05, 0) is 43.9 Å². The van der Waals surface area contributed by atoms with Crippen molar-refractivity contribution in [2.75, 3.05) is 32.7 Å². The Morgan fingerprint density at radius 2 is 1.92 bits per heavy atom. The highest BCUT2D eigenvalue weighted by molar-refractivity contribution is 5.86. The summed E-state index contributed by atoms with van der Waals surface area (Å²) in [5, 5.41) is 0. The van der Waals surface area contributed by atoms with E-state index in [-0.39, 0.29) is 43.1 Å². The first kappa shape index (κ1) is 25.4. The van der Waals surface area contributed by atoms with Crippen LogP contribution in [0.5, 0.6) is 0 Å². The summed E-state index contributed by atoms with van der Waals surface area (Å²) in [6.07, 6.45) is 7.03. The Morgan fingerprint density at radius 1 is 1.23 bits per heavy atom. The van der Waals surface area contributed by atoms with Crippen LogP contribution < -0.4 is 5.73 Å². The molecule has 1 aromatic heterocycles. The number of pyridine rings is 1. The van der Waals surface area contributed by atoms with E-state index in [2.05, 4.69) is 27.8 Å². The highest BCUT2D eigenvalue weighted by Crippen LogP contribution is 2.33. The second kappa shape index (κ2) is 12.0. The van der Waals surface area contributed by atoms with Gasteiger partial charge in [-0.3, -0.25) is 14.7 Å². The maximum atomic E-state index is 12.8. The van der Waals surface area contributed by atoms with Crippen molar-refractivity contribution in [3.8, 4) is 0 Å². The number of nitrogens with zero attached hydrogens (tertiary/aromatic N) is 3. The zero-order valence-corrected chi connectivity index (χ0v) is 17.7. The van der Waals surface area contributed by atoms with Crippen molar-refractivity contribution in [2.24, 2.45) is 17.6 Å². The summed E-state index contributed by atoms with van der Waals surface area (Å²) < 4.78 is 0. The van der Waals surface area contributed by atoms with Crippen LogP contribution in [0.4, 0.5) is 0 Å². The van der Waals surface area contributed by atoms with Crippen LogP contribution >= 0.6 is 37.2 Å². The van der Waals surface area contributed by atoms with Gasteiger partial charge in [-0.2, -0.15) is 0 Å². The summed E-state index contributed by atoms with van der Waals surface area (Å²) in [7, 11) is 0. The molecule has 150 valence electrons. The van der Waals surface area contributed by atoms with Crippen LogP contribution in [0.3, 0.4) is 0 Å². The molecular formula is C18H31Cl3N4O. The maximum absolute atomic E-state index is 12.8. The van der Waals surface area contributed by atoms with Crippen molar-refractivity contribution in [1.29, 1.82) is 0 Å². The molecule has 0 spiro atoms. The fraction of sp³-hybridized carbons (Fsp3) is 0.667. The van der Waals surface area contributed by atoms with Crippen molar-refractivity contribution in [3.05, 3.63) is 30.1 Å². The molecule has 1 aliphatic heterocycles. The molecule has 1 aromatic rings. The van der Waals surface area contributed by atoms with Gasteiger partial charge in [0.15, 0.2) is 0 Å². The third-order valence-corrected chi connectivity index (χ3v) is 5.62. The number of halogens is 3. The van der Waals surface area contributed by atoms with Gasteiger partial charge in [0.1, 0.15) is 0 Å². The number of piperazine rings is 1. The molecule has 1 amide bonds. The Balaban J connectivity index is 0.00000208. The molecule has 1 unspecified atom stereocenters. The van der Waals surface area contributed by atoms with Gasteiger partial charge in [-0.15, -0.1) is 37.2 Å². The van der Waals surface area contributed by atoms with E-state index in [0.29, 0.717) is 24.4 Å². The van der Waals surface area contributed by atoms with Gasteiger partial charge in [0.2, 0.25) is 5.91 Å². The normalized spacial score (nSPS) is 24.0. The number of rotatable bonds is 4. The van der Waals surface area contributed by atoms with Crippen LogP contribution in [0.15, 0.2) is 24.5 Å². The van der Waals surface area contributed by atoms with E-state index >= 15 is 0 Å². The Bertz CT molecular complexity index is 526. The fourth-order valence-corrected chi connectivity index (χ4v) is 4.04. The molecule has 3 rings (SSSR count). The molecule has 2 heterocycles. The molecule has 26 heavy (non-hydrogen) atoms. The average Bonchev–Trinajstić information content (AvgIpc) is 3.10. The minimum atomic E-state index is 0. The summed E-state index contributed by atoms with van der Waals surface area (Å²) in [4.78, 5) is 21.5.